The molecule has 1 aromatic rings. The first-order valence-electron chi connectivity index (χ1n) is 6.04. The predicted octanol–water partition coefficient (Wildman–Crippen LogP) is 0.799. The molecule has 5 heteroatoms. The van der Waals surface area contributed by atoms with Crippen LogP contribution in [-0.4, -0.2) is 49.3 Å². The number of nitrogens with one attached hydrogen (secondary N) is 1. The van der Waals surface area contributed by atoms with Gasteiger partial charge in [-0.25, -0.2) is 4.79 Å². The number of aromatic carboxylic acids is 1. The van der Waals surface area contributed by atoms with Crippen LogP contribution in [0.5, 0.6) is 5.75 Å². The second kappa shape index (κ2) is 5.84. The number of rotatable bonds is 4. The lowest BCUT2D eigenvalue weighted by molar-refractivity contribution is 0.0694. The molecule has 1 aliphatic heterocycles. The summed E-state index contributed by atoms with van der Waals surface area (Å²) in [6, 6.07) is 5.23. The van der Waals surface area contributed by atoms with Crippen molar-refractivity contribution in [3.05, 3.63) is 29.3 Å². The fourth-order valence-corrected chi connectivity index (χ4v) is 2.13. The zero-order chi connectivity index (χ0) is 13.0. The zero-order valence-electron chi connectivity index (χ0n) is 10.5. The van der Waals surface area contributed by atoms with Gasteiger partial charge >= 0.3 is 5.97 Å². The largest absolute Gasteiger partial charge is 0.497 e. The maximum Gasteiger partial charge on any atom is 0.336 e. The van der Waals surface area contributed by atoms with Gasteiger partial charge in [-0.1, -0.05) is 6.07 Å². The zero-order valence-corrected chi connectivity index (χ0v) is 10.5. The van der Waals surface area contributed by atoms with Crippen LogP contribution in [0.4, 0.5) is 0 Å². The number of hydrogen-bond acceptors (Lipinski definition) is 4. The molecular formula is C13H18N2O3. The van der Waals surface area contributed by atoms with E-state index in [4.69, 9.17) is 4.74 Å². The van der Waals surface area contributed by atoms with E-state index in [9.17, 15) is 9.90 Å². The van der Waals surface area contributed by atoms with Gasteiger partial charge in [-0.05, 0) is 17.7 Å². The molecule has 0 saturated carbocycles. The van der Waals surface area contributed by atoms with Crippen LogP contribution >= 0.6 is 0 Å². The Hall–Kier alpha value is -1.59. The average molecular weight is 250 g/mol. The quantitative estimate of drug-likeness (QED) is 0.827. The number of piperazine rings is 1. The predicted molar refractivity (Wildman–Crippen MR) is 68.1 cm³/mol. The molecule has 2 N–H and O–H groups in total. The minimum Gasteiger partial charge on any atom is -0.497 e. The number of nitrogens with zero attached hydrogens (tertiary/aromatic N) is 1. The molecule has 1 aromatic carbocycles. The average Bonchev–Trinajstić information content (AvgIpc) is 2.40. The van der Waals surface area contributed by atoms with Gasteiger partial charge in [0, 0.05) is 32.7 Å². The van der Waals surface area contributed by atoms with E-state index in [1.165, 1.54) is 7.11 Å². The van der Waals surface area contributed by atoms with Gasteiger partial charge in [0.25, 0.3) is 0 Å². The summed E-state index contributed by atoms with van der Waals surface area (Å²) >= 11 is 0. The van der Waals surface area contributed by atoms with Crippen molar-refractivity contribution in [3.8, 4) is 5.75 Å². The van der Waals surface area contributed by atoms with Crippen molar-refractivity contribution in [2.45, 2.75) is 6.54 Å². The van der Waals surface area contributed by atoms with Crippen molar-refractivity contribution in [2.75, 3.05) is 33.3 Å². The molecule has 1 heterocycles. The third-order valence-corrected chi connectivity index (χ3v) is 3.15. The van der Waals surface area contributed by atoms with Crippen molar-refractivity contribution in [2.24, 2.45) is 0 Å². The molecule has 0 aliphatic carbocycles. The van der Waals surface area contributed by atoms with Crippen molar-refractivity contribution < 1.29 is 14.6 Å². The summed E-state index contributed by atoms with van der Waals surface area (Å²) in [5.74, 6) is -0.324. The van der Waals surface area contributed by atoms with Crippen molar-refractivity contribution in [1.82, 2.24) is 10.2 Å². The topological polar surface area (TPSA) is 61.8 Å². The van der Waals surface area contributed by atoms with Crippen LogP contribution in [0.2, 0.25) is 0 Å². The van der Waals surface area contributed by atoms with Crippen LogP contribution in [0.1, 0.15) is 15.9 Å². The van der Waals surface area contributed by atoms with Gasteiger partial charge in [0.1, 0.15) is 5.75 Å². The molecule has 98 valence electrons. The van der Waals surface area contributed by atoms with E-state index in [0.717, 1.165) is 31.7 Å². The Labute approximate surface area is 106 Å². The van der Waals surface area contributed by atoms with E-state index in [1.54, 1.807) is 6.07 Å². The molecule has 1 saturated heterocycles. The summed E-state index contributed by atoms with van der Waals surface area (Å²) in [5, 5.41) is 12.5. The van der Waals surface area contributed by atoms with Gasteiger partial charge in [0.05, 0.1) is 12.7 Å². The maximum absolute atomic E-state index is 11.2. The molecule has 0 unspecified atom stereocenters. The molecule has 18 heavy (non-hydrogen) atoms. The number of carboxylic acid groups (broad SMARTS) is 1. The van der Waals surface area contributed by atoms with E-state index < -0.39 is 5.97 Å². The Kier molecular flexibility index (Phi) is 4.17. The van der Waals surface area contributed by atoms with Gasteiger partial charge < -0.3 is 15.2 Å². The van der Waals surface area contributed by atoms with E-state index in [0.29, 0.717) is 17.9 Å². The Balaban J connectivity index is 2.17. The first kappa shape index (κ1) is 12.9. The molecule has 0 spiro atoms. The summed E-state index contributed by atoms with van der Waals surface area (Å²) < 4.78 is 5.06. The summed E-state index contributed by atoms with van der Waals surface area (Å²) in [6.45, 7) is 4.49. The number of carbonyl (C=O) groups is 1. The Bertz CT molecular complexity index is 428. The Morgan fingerprint density at radius 2 is 2.17 bits per heavy atom. The molecule has 5 nitrogen and oxygen atoms in total. The van der Waals surface area contributed by atoms with Crippen LogP contribution in [0.25, 0.3) is 0 Å². The smallest absolute Gasteiger partial charge is 0.336 e. The third kappa shape index (κ3) is 3.00. The first-order valence-corrected chi connectivity index (χ1v) is 6.04. The van der Waals surface area contributed by atoms with Crippen LogP contribution in [-0.2, 0) is 6.54 Å². The molecule has 0 bridgehead atoms. The number of methoxy groups -OCH3 is 1. The second-order valence-corrected chi connectivity index (χ2v) is 4.35. The highest BCUT2D eigenvalue weighted by Crippen LogP contribution is 2.19. The lowest BCUT2D eigenvalue weighted by Crippen LogP contribution is -2.43. The molecular weight excluding hydrogens is 232 g/mol. The normalized spacial score (nSPS) is 16.5. The number of hydrogen-bond donors (Lipinski definition) is 2. The van der Waals surface area contributed by atoms with E-state index in [2.05, 4.69) is 10.2 Å². The number of ether oxygens (including phenoxy) is 1. The standard InChI is InChI=1S/C13H18N2O3/c1-18-11-3-2-10(12(8-11)13(16)17)9-15-6-4-14-5-7-15/h2-3,8,14H,4-7,9H2,1H3,(H,16,17). The minimum atomic E-state index is -0.904. The molecule has 2 rings (SSSR count). The van der Waals surface area contributed by atoms with Crippen molar-refractivity contribution in [3.63, 3.8) is 0 Å². The molecule has 0 amide bonds. The summed E-state index contributed by atoms with van der Waals surface area (Å²) in [4.78, 5) is 13.5. The van der Waals surface area contributed by atoms with Gasteiger partial charge in [-0.2, -0.15) is 0 Å². The highest BCUT2D eigenvalue weighted by Gasteiger charge is 2.16. The van der Waals surface area contributed by atoms with E-state index in [-0.39, 0.29) is 0 Å². The highest BCUT2D eigenvalue weighted by molar-refractivity contribution is 5.89. The SMILES string of the molecule is COc1ccc(CN2CCNCC2)c(C(=O)O)c1. The van der Waals surface area contributed by atoms with Crippen LogP contribution in [0.15, 0.2) is 18.2 Å². The van der Waals surface area contributed by atoms with Crippen LogP contribution < -0.4 is 10.1 Å². The van der Waals surface area contributed by atoms with Crippen molar-refractivity contribution in [1.29, 1.82) is 0 Å². The minimum absolute atomic E-state index is 0.327. The van der Waals surface area contributed by atoms with Gasteiger partial charge in [0.2, 0.25) is 0 Å². The van der Waals surface area contributed by atoms with E-state index in [1.807, 2.05) is 12.1 Å². The third-order valence-electron chi connectivity index (χ3n) is 3.15. The lowest BCUT2D eigenvalue weighted by atomic mass is 10.1. The molecule has 1 aliphatic rings. The van der Waals surface area contributed by atoms with Gasteiger partial charge in [0.15, 0.2) is 0 Å². The van der Waals surface area contributed by atoms with Gasteiger partial charge in [-0.3, -0.25) is 4.90 Å². The summed E-state index contributed by atoms with van der Waals surface area (Å²) in [6.07, 6.45) is 0. The second-order valence-electron chi connectivity index (χ2n) is 4.35. The Morgan fingerprint density at radius 3 is 2.78 bits per heavy atom. The number of benzene rings is 1. The van der Waals surface area contributed by atoms with Gasteiger partial charge in [-0.15, -0.1) is 0 Å². The molecule has 0 atom stereocenters. The fraction of sp³-hybridized carbons (Fsp3) is 0.462. The summed E-state index contributed by atoms with van der Waals surface area (Å²) in [5.41, 5.74) is 1.16. The van der Waals surface area contributed by atoms with E-state index >= 15 is 0 Å². The fourth-order valence-electron chi connectivity index (χ4n) is 2.13. The van der Waals surface area contributed by atoms with Crippen molar-refractivity contribution >= 4 is 5.97 Å². The first-order chi connectivity index (χ1) is 8.70. The number of carboxylic acids is 1. The molecule has 1 fully saturated rings. The monoisotopic (exact) mass is 250 g/mol. The summed E-state index contributed by atoms with van der Waals surface area (Å²) in [7, 11) is 1.54. The molecule has 0 radical (unpaired) electrons. The maximum atomic E-state index is 11.2. The highest BCUT2D eigenvalue weighted by atomic mass is 16.5. The lowest BCUT2D eigenvalue weighted by Gasteiger charge is -2.27. The van der Waals surface area contributed by atoms with Crippen LogP contribution in [0, 0.1) is 0 Å². The molecule has 0 aromatic heterocycles. The van der Waals surface area contributed by atoms with Crippen LogP contribution in [0.3, 0.4) is 0 Å². The Morgan fingerprint density at radius 1 is 1.44 bits per heavy atom.